The van der Waals surface area contributed by atoms with Crippen molar-refractivity contribution in [3.8, 4) is 5.75 Å². The van der Waals surface area contributed by atoms with Crippen LogP contribution in [0.15, 0.2) is 71.8 Å². The highest BCUT2D eigenvalue weighted by atomic mass is 35.5. The Bertz CT molecular complexity index is 2490. The van der Waals surface area contributed by atoms with Crippen molar-refractivity contribution in [1.82, 2.24) is 30.0 Å². The lowest BCUT2D eigenvalue weighted by atomic mass is 10.0. The van der Waals surface area contributed by atoms with Crippen LogP contribution in [-0.2, 0) is 38.3 Å². The molecule has 0 bridgehead atoms. The fourth-order valence-electron chi connectivity index (χ4n) is 9.81. The van der Waals surface area contributed by atoms with Gasteiger partial charge < -0.3 is 24.0 Å². The van der Waals surface area contributed by atoms with Crippen LogP contribution in [-0.4, -0.2) is 126 Å². The van der Waals surface area contributed by atoms with Crippen molar-refractivity contribution in [2.24, 2.45) is 0 Å². The number of fused-ring (bicyclic) bond motifs is 1. The summed E-state index contributed by atoms with van der Waals surface area (Å²) in [5.41, 5.74) is 5.38. The van der Waals surface area contributed by atoms with E-state index in [2.05, 4.69) is 49.3 Å². The number of amides is 4. The molecule has 66 heavy (non-hydrogen) atoms. The van der Waals surface area contributed by atoms with E-state index in [4.69, 9.17) is 21.3 Å². The number of methoxy groups -OCH3 is 1. The van der Waals surface area contributed by atoms with E-state index in [9.17, 15) is 23.7 Å². The summed E-state index contributed by atoms with van der Waals surface area (Å²) in [7, 11) is -0.774. The minimum atomic E-state index is -2.47. The number of hydrogen-bond donors (Lipinski definition) is 1. The number of imide groups is 1. The summed E-state index contributed by atoms with van der Waals surface area (Å²) in [6, 6.07) is 20.0. The average Bonchev–Trinajstić information content (AvgIpc) is 3.64. The lowest BCUT2D eigenvalue weighted by molar-refractivity contribution is -0.137. The third-order valence-electron chi connectivity index (χ3n) is 13.5. The molecule has 0 radical (unpaired) electrons. The molecule has 1 aromatic heterocycles. The Morgan fingerprint density at radius 2 is 1.67 bits per heavy atom. The van der Waals surface area contributed by atoms with Gasteiger partial charge in [0.15, 0.2) is 0 Å². The largest absolute Gasteiger partial charge is 0.496 e. The van der Waals surface area contributed by atoms with Crippen LogP contribution in [0.25, 0.3) is 0 Å². The monoisotopic (exact) mass is 953 g/mol. The number of carbonyl (C=O) groups is 4. The van der Waals surface area contributed by atoms with Crippen LogP contribution < -0.4 is 20.3 Å². The Kier molecular flexibility index (Phi) is 15.5. The van der Waals surface area contributed by atoms with Gasteiger partial charge in [0.2, 0.25) is 17.7 Å². The van der Waals surface area contributed by atoms with Crippen LogP contribution in [0.2, 0.25) is 5.02 Å². The lowest BCUT2D eigenvalue weighted by Crippen LogP contribution is -2.54. The van der Waals surface area contributed by atoms with E-state index in [1.54, 1.807) is 43.3 Å². The van der Waals surface area contributed by atoms with Gasteiger partial charge in [-0.25, -0.2) is 9.97 Å². The molecule has 4 aliphatic heterocycles. The van der Waals surface area contributed by atoms with Crippen molar-refractivity contribution in [3.63, 3.8) is 0 Å². The number of thioether (sulfide) groups is 1. The molecule has 1 N–H and O–H groups in total. The standard InChI is InChI=1S/C50H61ClN7O6PS/c1-64-44-31-38(14-13-34(44)30-46-52-32-41(51)42(53-46)29-35-10-7-8-11-45(35)65(2,3)63)55-21-19-37(20-22-55)56-23-25-57(26-24-56)48(60)12-6-4-5-9-27-66-39-15-16-40-36(28-39)33-58(50(40)62)43-17-18-47(59)54-49(43)61/h7-8,10-11,13-16,28,31-32,37,43H,4-6,9,12,17-27,29-30,33H2,1-3H3,(H,54,59,61). The summed E-state index contributed by atoms with van der Waals surface area (Å²) in [6.07, 6.45) is 10.0. The molecule has 4 amide bonds. The number of piperidine rings is 2. The van der Waals surface area contributed by atoms with Gasteiger partial charge in [0.25, 0.3) is 5.91 Å². The highest BCUT2D eigenvalue weighted by Gasteiger charge is 2.39. The van der Waals surface area contributed by atoms with E-state index in [0.29, 0.717) is 60.4 Å². The topological polar surface area (TPSA) is 145 Å². The number of aromatic nitrogens is 2. The molecule has 0 spiro atoms. The second kappa shape index (κ2) is 21.5. The Morgan fingerprint density at radius 3 is 2.42 bits per heavy atom. The molecule has 0 aliphatic carbocycles. The van der Waals surface area contributed by atoms with Crippen LogP contribution in [0.3, 0.4) is 0 Å². The number of nitrogens with one attached hydrogen (secondary N) is 1. The van der Waals surface area contributed by atoms with Crippen molar-refractivity contribution in [1.29, 1.82) is 0 Å². The number of rotatable bonds is 17. The quantitative estimate of drug-likeness (QED) is 0.0497. The van der Waals surface area contributed by atoms with Gasteiger partial charge in [-0.05, 0) is 86.6 Å². The lowest BCUT2D eigenvalue weighted by Gasteiger charge is -2.43. The summed E-state index contributed by atoms with van der Waals surface area (Å²) >= 11 is 8.35. The van der Waals surface area contributed by atoms with Crippen molar-refractivity contribution < 1.29 is 28.5 Å². The maximum Gasteiger partial charge on any atom is 0.255 e. The van der Waals surface area contributed by atoms with Crippen LogP contribution in [0, 0.1) is 0 Å². The first-order valence-corrected chi connectivity index (χ1v) is 27.3. The number of hydrogen-bond acceptors (Lipinski definition) is 11. The number of anilines is 1. The Morgan fingerprint density at radius 1 is 0.894 bits per heavy atom. The van der Waals surface area contributed by atoms with Crippen molar-refractivity contribution in [2.45, 2.75) is 94.2 Å². The van der Waals surface area contributed by atoms with Crippen LogP contribution in [0.1, 0.15) is 96.4 Å². The molecule has 350 valence electrons. The molecule has 13 nitrogen and oxygen atoms in total. The summed E-state index contributed by atoms with van der Waals surface area (Å²) in [4.78, 5) is 69.3. The molecule has 3 saturated heterocycles. The SMILES string of the molecule is COc1cc(N2CCC(N3CCN(C(=O)CCCCCCSc4ccc5c(c4)CN(C4CCC(=O)NC4=O)C5=O)CC3)CC2)ccc1Cc1ncc(Cl)c(Cc2ccccc2P(C)(C)=O)n1. The highest BCUT2D eigenvalue weighted by Crippen LogP contribution is 2.37. The number of benzene rings is 3. The van der Waals surface area contributed by atoms with E-state index in [1.807, 2.05) is 36.4 Å². The van der Waals surface area contributed by atoms with Crippen LogP contribution in [0.5, 0.6) is 5.75 Å². The van der Waals surface area contributed by atoms with Crippen molar-refractivity contribution in [2.75, 3.05) is 70.4 Å². The number of halogens is 1. The molecule has 4 aromatic rings. The highest BCUT2D eigenvalue weighted by molar-refractivity contribution is 7.99. The van der Waals surface area contributed by atoms with Crippen molar-refractivity contribution in [3.05, 3.63) is 106 Å². The van der Waals surface area contributed by atoms with Gasteiger partial charge >= 0.3 is 0 Å². The Hall–Kier alpha value is -4.75. The zero-order chi connectivity index (χ0) is 46.4. The van der Waals surface area contributed by atoms with Crippen LogP contribution >= 0.6 is 30.5 Å². The first-order chi connectivity index (χ1) is 31.8. The molecule has 5 heterocycles. The maximum absolute atomic E-state index is 13.1. The Balaban J connectivity index is 0.721. The third-order valence-corrected chi connectivity index (χ3v) is 16.5. The average molecular weight is 955 g/mol. The number of nitrogens with zero attached hydrogens (tertiary/aromatic N) is 6. The predicted octanol–water partition coefficient (Wildman–Crippen LogP) is 7.19. The fourth-order valence-corrected chi connectivity index (χ4v) is 12.2. The molecule has 1 unspecified atom stereocenters. The minimum absolute atomic E-state index is 0.146. The van der Waals surface area contributed by atoms with Gasteiger partial charge in [0.1, 0.15) is 24.8 Å². The molecule has 1 atom stereocenters. The minimum Gasteiger partial charge on any atom is -0.496 e. The van der Waals surface area contributed by atoms with Crippen molar-refractivity contribution >= 4 is 65.1 Å². The zero-order valence-corrected chi connectivity index (χ0v) is 40.8. The molecule has 3 fully saturated rings. The van der Waals surface area contributed by atoms with E-state index in [1.165, 1.54) is 0 Å². The summed E-state index contributed by atoms with van der Waals surface area (Å²) < 4.78 is 18.9. The molecular weight excluding hydrogens is 893 g/mol. The number of ether oxygens (including phenoxy) is 1. The second-order valence-corrected chi connectivity index (χ2v) is 23.0. The molecule has 16 heteroatoms. The van der Waals surface area contributed by atoms with Gasteiger partial charge in [-0.3, -0.25) is 29.4 Å². The molecule has 3 aromatic carbocycles. The van der Waals surface area contributed by atoms with Gasteiger partial charge in [-0.15, -0.1) is 11.8 Å². The van der Waals surface area contributed by atoms with E-state index in [0.717, 1.165) is 122 Å². The first kappa shape index (κ1) is 47.7. The number of piperazine rings is 1. The maximum atomic E-state index is 13.1. The summed E-state index contributed by atoms with van der Waals surface area (Å²) in [6.45, 7) is 9.29. The first-order valence-electron chi connectivity index (χ1n) is 23.3. The van der Waals surface area contributed by atoms with E-state index in [-0.39, 0.29) is 30.0 Å². The smallest absolute Gasteiger partial charge is 0.255 e. The van der Waals surface area contributed by atoms with Gasteiger partial charge in [0, 0.05) is 117 Å². The van der Waals surface area contributed by atoms with Crippen LogP contribution in [0.4, 0.5) is 5.69 Å². The van der Waals surface area contributed by atoms with Gasteiger partial charge in [-0.2, -0.15) is 0 Å². The van der Waals surface area contributed by atoms with E-state index >= 15 is 0 Å². The summed E-state index contributed by atoms with van der Waals surface area (Å²) in [5, 5.41) is 3.69. The van der Waals surface area contributed by atoms with E-state index < -0.39 is 13.2 Å². The second-order valence-electron chi connectivity index (χ2n) is 18.3. The molecule has 4 aliphatic rings. The number of unbranched alkanes of at least 4 members (excludes halogenated alkanes) is 3. The number of carbonyl (C=O) groups excluding carboxylic acids is 4. The zero-order valence-electron chi connectivity index (χ0n) is 38.3. The molecule has 0 saturated carbocycles. The molecule has 8 rings (SSSR count). The molecular formula is C50H61ClN7O6PS. The normalized spacial score (nSPS) is 18.5. The van der Waals surface area contributed by atoms with Gasteiger partial charge in [0.05, 0.1) is 17.8 Å². The summed E-state index contributed by atoms with van der Waals surface area (Å²) in [5.74, 6) is 1.86. The third kappa shape index (κ3) is 11.5. The van der Waals surface area contributed by atoms with Gasteiger partial charge in [-0.1, -0.05) is 54.8 Å². The Labute approximate surface area is 397 Å². The predicted molar refractivity (Wildman–Crippen MR) is 261 cm³/mol. The fraction of sp³-hybridized carbons (Fsp3) is 0.480.